The van der Waals surface area contributed by atoms with Crippen molar-refractivity contribution in [2.75, 3.05) is 38.2 Å². The van der Waals surface area contributed by atoms with E-state index in [0.717, 1.165) is 22.7 Å². The third kappa shape index (κ3) is 5.12. The summed E-state index contributed by atoms with van der Waals surface area (Å²) >= 11 is 0. The SMILES string of the molecule is COc1cccc(N(CC(=O)N2CCC(C)CC2)S(=O)(=O)c2cc(C)ccc2OC)c1. The molecule has 0 saturated carbocycles. The number of carbonyl (C=O) groups is 1. The lowest BCUT2D eigenvalue weighted by molar-refractivity contribution is -0.130. The van der Waals surface area contributed by atoms with Gasteiger partial charge in [0.1, 0.15) is 22.9 Å². The maximum Gasteiger partial charge on any atom is 0.268 e. The van der Waals surface area contributed by atoms with Gasteiger partial charge in [0.2, 0.25) is 5.91 Å². The number of rotatable bonds is 7. The lowest BCUT2D eigenvalue weighted by atomic mass is 9.99. The number of ether oxygens (including phenoxy) is 2. The van der Waals surface area contributed by atoms with Crippen LogP contribution in [0.1, 0.15) is 25.3 Å². The van der Waals surface area contributed by atoms with Crippen LogP contribution in [0.25, 0.3) is 0 Å². The molecule has 0 aromatic heterocycles. The summed E-state index contributed by atoms with van der Waals surface area (Å²) in [6, 6.07) is 11.7. The highest BCUT2D eigenvalue weighted by atomic mass is 32.2. The second kappa shape index (κ2) is 9.60. The summed E-state index contributed by atoms with van der Waals surface area (Å²) in [6.45, 7) is 4.97. The Balaban J connectivity index is 2.03. The van der Waals surface area contributed by atoms with E-state index in [0.29, 0.717) is 30.4 Å². The second-order valence-corrected chi connectivity index (χ2v) is 9.76. The number of piperidine rings is 1. The molecular weight excluding hydrogens is 416 g/mol. The van der Waals surface area contributed by atoms with Crippen molar-refractivity contribution in [1.29, 1.82) is 0 Å². The van der Waals surface area contributed by atoms with Crippen molar-refractivity contribution in [3.05, 3.63) is 48.0 Å². The predicted molar refractivity (Wildman–Crippen MR) is 120 cm³/mol. The normalized spacial score (nSPS) is 14.9. The van der Waals surface area contributed by atoms with E-state index in [4.69, 9.17) is 9.47 Å². The first kappa shape index (κ1) is 22.9. The summed E-state index contributed by atoms with van der Waals surface area (Å²) < 4.78 is 39.3. The van der Waals surface area contributed by atoms with Crippen molar-refractivity contribution < 1.29 is 22.7 Å². The number of sulfonamides is 1. The molecule has 1 amide bonds. The third-order valence-corrected chi connectivity index (χ3v) is 7.44. The van der Waals surface area contributed by atoms with E-state index in [1.807, 2.05) is 6.92 Å². The average molecular weight is 447 g/mol. The fraction of sp³-hybridized carbons (Fsp3) is 0.435. The molecule has 3 rings (SSSR count). The highest BCUT2D eigenvalue weighted by Gasteiger charge is 2.32. The lowest BCUT2D eigenvalue weighted by Gasteiger charge is -2.33. The molecule has 168 valence electrons. The first-order valence-corrected chi connectivity index (χ1v) is 11.8. The van der Waals surface area contributed by atoms with Gasteiger partial charge in [0.05, 0.1) is 19.9 Å². The van der Waals surface area contributed by atoms with Crippen molar-refractivity contribution >= 4 is 21.6 Å². The van der Waals surface area contributed by atoms with E-state index < -0.39 is 10.0 Å². The number of methoxy groups -OCH3 is 2. The van der Waals surface area contributed by atoms with Crippen LogP contribution < -0.4 is 13.8 Å². The zero-order valence-corrected chi connectivity index (χ0v) is 19.3. The van der Waals surface area contributed by atoms with Gasteiger partial charge in [0, 0.05) is 19.2 Å². The summed E-state index contributed by atoms with van der Waals surface area (Å²) in [6.07, 6.45) is 1.84. The molecule has 1 heterocycles. The van der Waals surface area contributed by atoms with Gasteiger partial charge in [-0.3, -0.25) is 9.10 Å². The number of nitrogens with zero attached hydrogens (tertiary/aromatic N) is 2. The number of carbonyl (C=O) groups excluding carboxylic acids is 1. The predicted octanol–water partition coefficient (Wildman–Crippen LogP) is 3.47. The minimum atomic E-state index is -4.08. The van der Waals surface area contributed by atoms with E-state index in [2.05, 4.69) is 6.92 Å². The molecule has 0 aliphatic carbocycles. The van der Waals surface area contributed by atoms with E-state index >= 15 is 0 Å². The second-order valence-electron chi connectivity index (χ2n) is 7.93. The summed E-state index contributed by atoms with van der Waals surface area (Å²) in [4.78, 5) is 14.9. The number of aryl methyl sites for hydroxylation is 1. The Morgan fingerprint density at radius 1 is 1.10 bits per heavy atom. The van der Waals surface area contributed by atoms with Crippen molar-refractivity contribution in [3.8, 4) is 11.5 Å². The third-order valence-electron chi connectivity index (χ3n) is 5.64. The quantitative estimate of drug-likeness (QED) is 0.651. The van der Waals surface area contributed by atoms with Crippen LogP contribution in [0.4, 0.5) is 5.69 Å². The Bertz CT molecular complexity index is 1030. The molecule has 0 unspecified atom stereocenters. The van der Waals surface area contributed by atoms with E-state index in [9.17, 15) is 13.2 Å². The first-order valence-electron chi connectivity index (χ1n) is 10.4. The fourth-order valence-electron chi connectivity index (χ4n) is 3.67. The van der Waals surface area contributed by atoms with Gasteiger partial charge < -0.3 is 14.4 Å². The molecule has 31 heavy (non-hydrogen) atoms. The molecule has 8 heteroatoms. The summed E-state index contributed by atoms with van der Waals surface area (Å²) in [5, 5.41) is 0. The Morgan fingerprint density at radius 2 is 1.81 bits per heavy atom. The topological polar surface area (TPSA) is 76.2 Å². The number of likely N-dealkylation sites (tertiary alicyclic amines) is 1. The first-order chi connectivity index (χ1) is 14.8. The number of anilines is 1. The standard InChI is InChI=1S/C23H30N2O5S/c1-17-10-12-24(13-11-17)23(26)16-25(19-6-5-7-20(15-19)29-3)31(27,28)22-14-18(2)8-9-21(22)30-4/h5-9,14-15,17H,10-13,16H2,1-4H3. The molecule has 0 bridgehead atoms. The van der Waals surface area contributed by atoms with Crippen molar-refractivity contribution in [2.45, 2.75) is 31.6 Å². The molecular formula is C23H30N2O5S. The van der Waals surface area contributed by atoms with Crippen molar-refractivity contribution in [3.63, 3.8) is 0 Å². The van der Waals surface area contributed by atoms with E-state index in [1.165, 1.54) is 14.2 Å². The van der Waals surface area contributed by atoms with Crippen LogP contribution in [0, 0.1) is 12.8 Å². The van der Waals surface area contributed by atoms with Gasteiger partial charge in [0.15, 0.2) is 0 Å². The molecule has 0 spiro atoms. The number of amides is 1. The van der Waals surface area contributed by atoms with E-state index in [1.54, 1.807) is 47.4 Å². The Morgan fingerprint density at radius 3 is 2.45 bits per heavy atom. The van der Waals surface area contributed by atoms with Crippen LogP contribution in [-0.2, 0) is 14.8 Å². The van der Waals surface area contributed by atoms with Gasteiger partial charge in [-0.2, -0.15) is 0 Å². The molecule has 1 aliphatic heterocycles. The van der Waals surface area contributed by atoms with Crippen LogP contribution in [0.5, 0.6) is 11.5 Å². The van der Waals surface area contributed by atoms with Crippen LogP contribution in [0.3, 0.4) is 0 Å². The van der Waals surface area contributed by atoms with Crippen LogP contribution >= 0.6 is 0 Å². The molecule has 0 radical (unpaired) electrons. The Labute approximate surface area is 184 Å². The Kier molecular flexibility index (Phi) is 7.10. The molecule has 0 N–H and O–H groups in total. The number of benzene rings is 2. The number of hydrogen-bond donors (Lipinski definition) is 0. The smallest absolute Gasteiger partial charge is 0.268 e. The average Bonchev–Trinajstić information content (AvgIpc) is 2.77. The highest BCUT2D eigenvalue weighted by molar-refractivity contribution is 7.93. The van der Waals surface area contributed by atoms with Crippen LogP contribution in [-0.4, -0.2) is 53.1 Å². The minimum Gasteiger partial charge on any atom is -0.497 e. The zero-order valence-electron chi connectivity index (χ0n) is 18.5. The maximum atomic E-state index is 13.8. The highest BCUT2D eigenvalue weighted by Crippen LogP contribution is 2.32. The summed E-state index contributed by atoms with van der Waals surface area (Å²) in [7, 11) is -1.14. The monoisotopic (exact) mass is 446 g/mol. The molecule has 2 aromatic rings. The van der Waals surface area contributed by atoms with Crippen LogP contribution in [0.15, 0.2) is 47.4 Å². The summed E-state index contributed by atoms with van der Waals surface area (Å²) in [5.74, 6) is 1.09. The molecule has 2 aromatic carbocycles. The van der Waals surface area contributed by atoms with Crippen LogP contribution in [0.2, 0.25) is 0 Å². The van der Waals surface area contributed by atoms with Gasteiger partial charge in [-0.05, 0) is 55.5 Å². The summed E-state index contributed by atoms with van der Waals surface area (Å²) in [5.41, 5.74) is 1.14. The number of hydrogen-bond acceptors (Lipinski definition) is 5. The molecule has 1 fully saturated rings. The largest absolute Gasteiger partial charge is 0.497 e. The molecule has 1 aliphatic rings. The van der Waals surface area contributed by atoms with Gasteiger partial charge >= 0.3 is 0 Å². The van der Waals surface area contributed by atoms with Gasteiger partial charge in [-0.15, -0.1) is 0 Å². The molecule has 1 saturated heterocycles. The van der Waals surface area contributed by atoms with E-state index in [-0.39, 0.29) is 23.1 Å². The Hall–Kier alpha value is -2.74. The fourth-order valence-corrected chi connectivity index (χ4v) is 5.32. The van der Waals surface area contributed by atoms with Crippen molar-refractivity contribution in [2.24, 2.45) is 5.92 Å². The minimum absolute atomic E-state index is 0.0258. The van der Waals surface area contributed by atoms with Gasteiger partial charge in [-0.1, -0.05) is 19.1 Å². The molecule has 7 nitrogen and oxygen atoms in total. The van der Waals surface area contributed by atoms with Gasteiger partial charge in [0.25, 0.3) is 10.0 Å². The van der Waals surface area contributed by atoms with Crippen molar-refractivity contribution in [1.82, 2.24) is 4.90 Å². The zero-order chi connectivity index (χ0) is 22.6. The molecule has 0 atom stereocenters. The lowest BCUT2D eigenvalue weighted by Crippen LogP contribution is -2.45. The van der Waals surface area contributed by atoms with Gasteiger partial charge in [-0.25, -0.2) is 8.42 Å². The maximum absolute atomic E-state index is 13.8.